The van der Waals surface area contributed by atoms with Crippen LogP contribution in [-0.2, 0) is 0 Å². The van der Waals surface area contributed by atoms with Crippen LogP contribution in [0.25, 0.3) is 0 Å². The molecule has 0 saturated carbocycles. The summed E-state index contributed by atoms with van der Waals surface area (Å²) in [5.41, 5.74) is 0.789. The Hall–Kier alpha value is -2.69. The molecular formula is C14H10FNO3. The summed E-state index contributed by atoms with van der Waals surface area (Å²) in [7, 11) is 0. The number of hydrogen-bond donors (Lipinski definition) is 2. The van der Waals surface area contributed by atoms with Crippen molar-refractivity contribution >= 4 is 17.9 Å². The van der Waals surface area contributed by atoms with E-state index in [0.717, 1.165) is 12.1 Å². The fourth-order valence-electron chi connectivity index (χ4n) is 1.58. The molecule has 19 heavy (non-hydrogen) atoms. The van der Waals surface area contributed by atoms with Crippen molar-refractivity contribution in [3.8, 4) is 5.75 Å². The fourth-order valence-corrected chi connectivity index (χ4v) is 1.58. The van der Waals surface area contributed by atoms with Crippen LogP contribution in [0.3, 0.4) is 0 Å². The third kappa shape index (κ3) is 2.95. The van der Waals surface area contributed by atoms with Crippen molar-refractivity contribution in [2.75, 3.05) is 5.32 Å². The van der Waals surface area contributed by atoms with Gasteiger partial charge in [-0.25, -0.2) is 4.39 Å². The van der Waals surface area contributed by atoms with Crippen LogP contribution in [0.1, 0.15) is 20.7 Å². The maximum absolute atomic E-state index is 12.8. The van der Waals surface area contributed by atoms with Crippen molar-refractivity contribution in [1.29, 1.82) is 0 Å². The molecule has 2 aromatic carbocycles. The lowest BCUT2D eigenvalue weighted by molar-refractivity contribution is 0.102. The molecule has 0 aromatic heterocycles. The Morgan fingerprint density at radius 3 is 2.68 bits per heavy atom. The summed E-state index contributed by atoms with van der Waals surface area (Å²) in [5, 5.41) is 12.0. The zero-order valence-electron chi connectivity index (χ0n) is 9.76. The van der Waals surface area contributed by atoms with E-state index in [4.69, 9.17) is 0 Å². The van der Waals surface area contributed by atoms with Crippen molar-refractivity contribution in [2.45, 2.75) is 0 Å². The number of hydrogen-bond acceptors (Lipinski definition) is 3. The Morgan fingerprint density at radius 1 is 1.21 bits per heavy atom. The van der Waals surface area contributed by atoms with E-state index in [1.807, 2.05) is 0 Å². The summed E-state index contributed by atoms with van der Waals surface area (Å²) in [4.78, 5) is 22.5. The number of aromatic hydroxyl groups is 1. The van der Waals surface area contributed by atoms with Gasteiger partial charge >= 0.3 is 0 Å². The van der Waals surface area contributed by atoms with E-state index in [1.54, 1.807) is 18.2 Å². The van der Waals surface area contributed by atoms with E-state index < -0.39 is 17.5 Å². The summed E-state index contributed by atoms with van der Waals surface area (Å²) in [6.45, 7) is 0. The third-order valence-corrected chi connectivity index (χ3v) is 2.48. The maximum atomic E-state index is 12.8. The topological polar surface area (TPSA) is 66.4 Å². The summed E-state index contributed by atoms with van der Waals surface area (Å²) >= 11 is 0. The lowest BCUT2D eigenvalue weighted by Crippen LogP contribution is -2.12. The van der Waals surface area contributed by atoms with E-state index in [1.165, 1.54) is 12.1 Å². The number of anilines is 1. The first kappa shape index (κ1) is 12.8. The van der Waals surface area contributed by atoms with Crippen LogP contribution in [0.2, 0.25) is 0 Å². The van der Waals surface area contributed by atoms with Gasteiger partial charge in [-0.05, 0) is 24.3 Å². The highest BCUT2D eigenvalue weighted by Crippen LogP contribution is 2.20. The molecular weight excluding hydrogens is 249 g/mol. The van der Waals surface area contributed by atoms with Gasteiger partial charge in [-0.15, -0.1) is 0 Å². The fraction of sp³-hybridized carbons (Fsp3) is 0. The van der Waals surface area contributed by atoms with Crippen LogP contribution in [0.15, 0.2) is 42.5 Å². The summed E-state index contributed by atoms with van der Waals surface area (Å²) < 4.78 is 12.8. The summed E-state index contributed by atoms with van der Waals surface area (Å²) in [6.07, 6.45) is 0.658. The van der Waals surface area contributed by atoms with Crippen molar-refractivity contribution in [3.63, 3.8) is 0 Å². The first-order valence-electron chi connectivity index (χ1n) is 5.45. The molecule has 0 spiro atoms. The second kappa shape index (κ2) is 5.30. The molecule has 0 radical (unpaired) electrons. The van der Waals surface area contributed by atoms with E-state index in [2.05, 4.69) is 5.32 Å². The van der Waals surface area contributed by atoms with Crippen molar-refractivity contribution < 1.29 is 19.1 Å². The van der Waals surface area contributed by atoms with Gasteiger partial charge in [0, 0.05) is 17.3 Å². The Labute approximate surface area is 108 Å². The molecule has 0 aliphatic carbocycles. The molecule has 1 amide bonds. The van der Waals surface area contributed by atoms with E-state index in [-0.39, 0.29) is 5.56 Å². The second-order valence-corrected chi connectivity index (χ2v) is 3.86. The van der Waals surface area contributed by atoms with Gasteiger partial charge in [-0.2, -0.15) is 0 Å². The minimum atomic E-state index is -0.628. The van der Waals surface area contributed by atoms with Gasteiger partial charge in [-0.3, -0.25) is 9.59 Å². The quantitative estimate of drug-likeness (QED) is 0.832. The van der Waals surface area contributed by atoms with E-state index >= 15 is 0 Å². The Morgan fingerprint density at radius 2 is 2.00 bits per heavy atom. The minimum Gasteiger partial charge on any atom is -0.507 e. The number of phenols is 1. The second-order valence-electron chi connectivity index (χ2n) is 3.86. The number of rotatable bonds is 3. The molecule has 0 aliphatic rings. The van der Waals surface area contributed by atoms with Crippen LogP contribution in [0, 0.1) is 5.82 Å². The number of phenolic OH excluding ortho intramolecular Hbond substituents is 1. The Bertz CT molecular complexity index is 640. The molecule has 2 N–H and O–H groups in total. The molecule has 0 aliphatic heterocycles. The van der Waals surface area contributed by atoms with Gasteiger partial charge in [0.25, 0.3) is 5.91 Å². The molecule has 2 rings (SSSR count). The van der Waals surface area contributed by atoms with Crippen LogP contribution >= 0.6 is 0 Å². The lowest BCUT2D eigenvalue weighted by atomic mass is 10.1. The molecule has 0 unspecified atom stereocenters. The van der Waals surface area contributed by atoms with Gasteiger partial charge < -0.3 is 10.4 Å². The number of halogens is 1. The molecule has 0 atom stereocenters. The number of carbonyl (C=O) groups excluding carboxylic acids is 2. The van der Waals surface area contributed by atoms with Gasteiger partial charge in [0.2, 0.25) is 0 Å². The van der Waals surface area contributed by atoms with E-state index in [0.29, 0.717) is 17.5 Å². The molecule has 0 fully saturated rings. The normalized spacial score (nSPS) is 9.95. The Balaban J connectivity index is 2.22. The van der Waals surface area contributed by atoms with Crippen LogP contribution in [0.4, 0.5) is 10.1 Å². The number of nitrogens with one attached hydrogen (secondary N) is 1. The highest BCUT2D eigenvalue weighted by Gasteiger charge is 2.12. The molecule has 96 valence electrons. The van der Waals surface area contributed by atoms with Gasteiger partial charge in [0.05, 0.1) is 5.56 Å². The average Bonchev–Trinajstić information content (AvgIpc) is 2.38. The molecule has 2 aromatic rings. The number of amides is 1. The van der Waals surface area contributed by atoms with Gasteiger partial charge in [0.1, 0.15) is 17.9 Å². The third-order valence-electron chi connectivity index (χ3n) is 2.48. The van der Waals surface area contributed by atoms with Crippen LogP contribution in [-0.4, -0.2) is 17.3 Å². The SMILES string of the molecule is O=Cc1cccc(NC(=O)c2ccc(F)cc2O)c1. The monoisotopic (exact) mass is 259 g/mol. The van der Waals surface area contributed by atoms with Crippen molar-refractivity contribution in [1.82, 2.24) is 0 Å². The first-order chi connectivity index (χ1) is 9.10. The lowest BCUT2D eigenvalue weighted by Gasteiger charge is -2.07. The predicted molar refractivity (Wildman–Crippen MR) is 67.8 cm³/mol. The van der Waals surface area contributed by atoms with Crippen molar-refractivity contribution in [2.24, 2.45) is 0 Å². The standard InChI is InChI=1S/C14H10FNO3/c15-10-4-5-12(13(18)7-10)14(19)16-11-3-1-2-9(6-11)8-17/h1-8,18H,(H,16,19). The highest BCUT2D eigenvalue weighted by molar-refractivity contribution is 6.06. The smallest absolute Gasteiger partial charge is 0.259 e. The number of carbonyl (C=O) groups is 2. The van der Waals surface area contributed by atoms with Crippen molar-refractivity contribution in [3.05, 3.63) is 59.4 Å². The Kier molecular flexibility index (Phi) is 3.56. The summed E-state index contributed by atoms with van der Waals surface area (Å²) in [6, 6.07) is 9.43. The van der Waals surface area contributed by atoms with Crippen LogP contribution < -0.4 is 5.32 Å². The minimum absolute atomic E-state index is 0.0436. The first-order valence-corrected chi connectivity index (χ1v) is 5.45. The zero-order valence-corrected chi connectivity index (χ0v) is 9.76. The number of benzene rings is 2. The molecule has 5 heteroatoms. The summed E-state index contributed by atoms with van der Waals surface area (Å²) in [5.74, 6) is -1.65. The molecule has 4 nitrogen and oxygen atoms in total. The molecule has 0 heterocycles. The van der Waals surface area contributed by atoms with E-state index in [9.17, 15) is 19.1 Å². The highest BCUT2D eigenvalue weighted by atomic mass is 19.1. The van der Waals surface area contributed by atoms with Gasteiger partial charge in [-0.1, -0.05) is 12.1 Å². The number of aldehydes is 1. The largest absolute Gasteiger partial charge is 0.507 e. The predicted octanol–water partition coefficient (Wildman–Crippen LogP) is 2.60. The molecule has 0 saturated heterocycles. The maximum Gasteiger partial charge on any atom is 0.259 e. The zero-order chi connectivity index (χ0) is 13.8. The average molecular weight is 259 g/mol. The van der Waals surface area contributed by atoms with Crippen LogP contribution in [0.5, 0.6) is 5.75 Å². The molecule has 0 bridgehead atoms. The van der Waals surface area contributed by atoms with Gasteiger partial charge in [0.15, 0.2) is 0 Å².